The standard InChI is InChI=1S/Ag.In.H2Se.Tl.3H/h;;1H2;;;;. The molecule has 0 aliphatic carbocycles. The third-order valence-electron chi connectivity index (χ3n) is 0. The summed E-state index contributed by atoms with van der Waals surface area (Å²) in [5, 5.41) is 0. The normalized spacial score (nSPS) is 0. The number of hydrogen-bond donors (Lipinski definition) is 0. The van der Waals surface area contributed by atoms with Crippen molar-refractivity contribution in [2.45, 2.75) is 0 Å². The molecule has 0 aromatic rings. The minimum Gasteiger partial charge on any atom is 0 e. The third kappa shape index (κ3) is 8.90. The van der Waals surface area contributed by atoms with E-state index in [0.29, 0.717) is 0 Å². The second-order valence-corrected chi connectivity index (χ2v) is 0. The molecule has 0 aromatic heterocycles. The Morgan fingerprint density at radius 2 is 1.00 bits per heavy atom. The smallest absolute Gasteiger partial charge is 0 e. The van der Waals surface area contributed by atoms with Gasteiger partial charge in [-0.15, -0.1) is 0 Å². The van der Waals surface area contributed by atoms with E-state index < -0.39 is 0 Å². The van der Waals surface area contributed by atoms with E-state index in [0.717, 1.165) is 0 Å². The summed E-state index contributed by atoms with van der Waals surface area (Å²) in [4.78, 5) is 0. The predicted octanol–water partition coefficient (Wildman–Crippen LogP) is -2.48. The molecule has 0 rings (SSSR count). The summed E-state index contributed by atoms with van der Waals surface area (Å²) >= 11 is 0. The van der Waals surface area contributed by atoms with Crippen molar-refractivity contribution in [2.75, 3.05) is 0 Å². The van der Waals surface area contributed by atoms with Gasteiger partial charge in [-0.25, -0.2) is 0 Å². The average Bonchev–Trinajstić information content (AvgIpc) is 0. The van der Waals surface area contributed by atoms with Gasteiger partial charge in [-0.05, 0) is 0 Å². The molecule has 0 N–H and O–H groups in total. The summed E-state index contributed by atoms with van der Waals surface area (Å²) in [6.45, 7) is 0. The molecule has 0 bridgehead atoms. The molecule has 0 saturated heterocycles. The summed E-state index contributed by atoms with van der Waals surface area (Å²) in [6.07, 6.45) is 0. The van der Waals surface area contributed by atoms with E-state index in [9.17, 15) is 0 Å². The maximum absolute atomic E-state index is 0. The molecular weight excluding hydrogens is 506 g/mol. The zero-order valence-corrected chi connectivity index (χ0v) is 9.45. The van der Waals surface area contributed by atoms with Gasteiger partial charge in [0.05, 0.1) is 0 Å². The van der Waals surface area contributed by atoms with E-state index >= 15 is 0 Å². The Kier molecular flexibility index (Phi) is 115. The molecule has 2 radical (unpaired) electrons. The first kappa shape index (κ1) is 27.7. The molecule has 0 aliphatic heterocycles. The second kappa shape index (κ2) is 16.6. The van der Waals surface area contributed by atoms with Crippen molar-refractivity contribution < 1.29 is 22.4 Å². The molecule has 0 heterocycles. The summed E-state index contributed by atoms with van der Waals surface area (Å²) < 4.78 is 0. The Labute approximate surface area is 90.8 Å². The molecule has 4 heteroatoms. The minimum atomic E-state index is 0. The Balaban J connectivity index is 0. The summed E-state index contributed by atoms with van der Waals surface area (Å²) in [6, 6.07) is 0. The van der Waals surface area contributed by atoms with E-state index in [-0.39, 0.29) is 92.6 Å². The molecule has 28 valence electrons. The van der Waals surface area contributed by atoms with Gasteiger partial charge in [0.1, 0.15) is 0 Å². The third-order valence-corrected chi connectivity index (χ3v) is 0. The minimum absolute atomic E-state index is 0. The Morgan fingerprint density at radius 1 is 1.00 bits per heavy atom. The van der Waals surface area contributed by atoms with Crippen molar-refractivity contribution in [3.63, 3.8) is 0 Å². The van der Waals surface area contributed by atoms with Gasteiger partial charge in [0, 0.05) is 49.7 Å². The molecule has 0 atom stereocenters. The van der Waals surface area contributed by atoms with Crippen molar-refractivity contribution in [3.8, 4) is 0 Å². The first-order valence-electron chi connectivity index (χ1n) is 0. The zero-order chi connectivity index (χ0) is 0. The first-order valence-corrected chi connectivity index (χ1v) is 0. The predicted molar refractivity (Wildman–Crippen MR) is 24.2 cm³/mol. The van der Waals surface area contributed by atoms with E-state index in [1.165, 1.54) is 0 Å². The largest absolute Gasteiger partial charge is 0 e. The van der Waals surface area contributed by atoms with Gasteiger partial charge in [-0.1, -0.05) is 0 Å². The van der Waals surface area contributed by atoms with Gasteiger partial charge in [-0.3, -0.25) is 0 Å². The first-order chi connectivity index (χ1) is 0. The maximum atomic E-state index is 0. The van der Waals surface area contributed by atoms with Gasteiger partial charge in [0.15, 0.2) is 0 Å². The molecule has 0 nitrogen and oxygen atoms in total. The van der Waals surface area contributed by atoms with Crippen molar-refractivity contribution in [1.29, 1.82) is 0 Å². The van der Waals surface area contributed by atoms with Crippen molar-refractivity contribution in [1.82, 2.24) is 0 Å². The van der Waals surface area contributed by atoms with E-state index in [4.69, 9.17) is 0 Å². The molecule has 0 amide bonds. The second-order valence-electron chi connectivity index (χ2n) is 0. The van der Waals surface area contributed by atoms with Gasteiger partial charge in [-0.2, -0.15) is 0 Å². The topological polar surface area (TPSA) is 0 Å². The Morgan fingerprint density at radius 3 is 1.00 bits per heavy atom. The molecule has 4 heavy (non-hydrogen) atoms. The van der Waals surface area contributed by atoms with Crippen molar-refractivity contribution >= 4 is 70.2 Å². The van der Waals surface area contributed by atoms with Crippen LogP contribution in [0.3, 0.4) is 0 Å². The quantitative estimate of drug-likeness (QED) is 0.317. The fourth-order valence-corrected chi connectivity index (χ4v) is 0. The van der Waals surface area contributed by atoms with Crippen molar-refractivity contribution in [3.05, 3.63) is 0 Å². The van der Waals surface area contributed by atoms with Crippen LogP contribution in [-0.4, -0.2) is 70.2 Å². The van der Waals surface area contributed by atoms with Crippen LogP contribution in [0.25, 0.3) is 0 Å². The maximum Gasteiger partial charge on any atom is 0 e. The zero-order valence-electron chi connectivity index (χ0n) is 1.38. The van der Waals surface area contributed by atoms with Gasteiger partial charge in [0.25, 0.3) is 0 Å². The fourth-order valence-electron chi connectivity index (χ4n) is 0. The monoisotopic (exact) mass is 512 g/mol. The van der Waals surface area contributed by atoms with Crippen LogP contribution in [-0.2, 0) is 22.4 Å². The van der Waals surface area contributed by atoms with Gasteiger partial charge in [0.2, 0.25) is 0 Å². The van der Waals surface area contributed by atoms with Gasteiger partial charge >= 0.3 is 42.9 Å². The van der Waals surface area contributed by atoms with Crippen molar-refractivity contribution in [2.24, 2.45) is 0 Å². The molecule has 0 aliphatic rings. The number of hydrogen-bond acceptors (Lipinski definition) is 0. The van der Waals surface area contributed by atoms with Crippen LogP contribution in [0.15, 0.2) is 0 Å². The van der Waals surface area contributed by atoms with Crippen LogP contribution >= 0.6 is 0 Å². The van der Waals surface area contributed by atoms with E-state index in [2.05, 4.69) is 0 Å². The average molecular weight is 511 g/mol. The van der Waals surface area contributed by atoms with Gasteiger partial charge < -0.3 is 0 Å². The molecule has 0 spiro atoms. The van der Waals surface area contributed by atoms with E-state index in [1.807, 2.05) is 0 Å². The van der Waals surface area contributed by atoms with Crippen LogP contribution < -0.4 is 0 Å². The van der Waals surface area contributed by atoms with Crippen LogP contribution in [0.4, 0.5) is 0 Å². The van der Waals surface area contributed by atoms with Crippen LogP contribution in [0, 0.1) is 0 Å². The molecule has 0 saturated carbocycles. The Hall–Kier alpha value is 3.05. The summed E-state index contributed by atoms with van der Waals surface area (Å²) in [5.74, 6) is 0. The molecule has 0 unspecified atom stereocenters. The van der Waals surface area contributed by atoms with Crippen LogP contribution in [0.1, 0.15) is 0 Å². The molecular formula is H5AgInSeTl. The molecule has 0 fully saturated rings. The Bertz CT molecular complexity index is 8.00. The van der Waals surface area contributed by atoms with E-state index in [1.54, 1.807) is 0 Å². The number of rotatable bonds is 0. The summed E-state index contributed by atoms with van der Waals surface area (Å²) in [5.41, 5.74) is 0. The van der Waals surface area contributed by atoms with Crippen LogP contribution in [0.5, 0.6) is 0 Å². The van der Waals surface area contributed by atoms with Crippen LogP contribution in [0.2, 0.25) is 0 Å². The fraction of sp³-hybridized carbons (Fsp3) is 0. The summed E-state index contributed by atoms with van der Waals surface area (Å²) in [7, 11) is 0. The molecule has 0 aromatic carbocycles. The SMILES string of the molecule is [Ag].[InH3].[SeH2].[Tl].